The predicted octanol–water partition coefficient (Wildman–Crippen LogP) is 1.70. The zero-order valence-corrected chi connectivity index (χ0v) is 17.3. The molecule has 2 N–H and O–H groups in total. The molecule has 1 rings (SSSR count). The summed E-state index contributed by atoms with van der Waals surface area (Å²) in [5.74, 6) is 0.895. The van der Waals surface area contributed by atoms with Gasteiger partial charge >= 0.3 is 0 Å². The van der Waals surface area contributed by atoms with Crippen molar-refractivity contribution in [2.24, 2.45) is 4.99 Å². The average molecular weight is 442 g/mol. The van der Waals surface area contributed by atoms with Crippen LogP contribution in [0.4, 0.5) is 0 Å². The highest BCUT2D eigenvalue weighted by atomic mass is 127. The second-order valence-corrected chi connectivity index (χ2v) is 5.65. The Morgan fingerprint density at radius 3 is 2.83 bits per heavy atom. The summed E-state index contributed by atoms with van der Waals surface area (Å²) < 4.78 is 11.2. The number of halogens is 1. The first kappa shape index (κ1) is 22.9. The van der Waals surface area contributed by atoms with Gasteiger partial charge in [-0.1, -0.05) is 6.92 Å². The third-order valence-corrected chi connectivity index (χ3v) is 3.71. The van der Waals surface area contributed by atoms with Gasteiger partial charge in [-0.15, -0.1) is 24.0 Å². The Morgan fingerprint density at radius 1 is 1.35 bits per heavy atom. The maximum Gasteiger partial charge on any atom is 0.191 e. The molecule has 1 heterocycles. The van der Waals surface area contributed by atoms with Crippen molar-refractivity contribution in [1.82, 2.24) is 15.5 Å². The van der Waals surface area contributed by atoms with E-state index in [1.807, 2.05) is 0 Å². The van der Waals surface area contributed by atoms with Crippen molar-refractivity contribution in [3.8, 4) is 0 Å². The summed E-state index contributed by atoms with van der Waals surface area (Å²) in [6.07, 6.45) is 3.57. The van der Waals surface area contributed by atoms with Gasteiger partial charge in [-0.05, 0) is 39.8 Å². The van der Waals surface area contributed by atoms with Gasteiger partial charge in [0.05, 0.1) is 12.7 Å². The standard InChI is InChI=1S/C16H34N4O2.HI/c1-4-17-16(19-10-11-20(3)5-2)18-9-7-12-21-14-15-8-6-13-22-15;/h15H,4-14H2,1-3H3,(H2,17,18,19);1H. The molecule has 0 aromatic rings. The zero-order valence-electron chi connectivity index (χ0n) is 15.0. The largest absolute Gasteiger partial charge is 0.379 e. The monoisotopic (exact) mass is 442 g/mol. The number of ether oxygens (including phenoxy) is 2. The Kier molecular flexibility index (Phi) is 15.3. The first-order valence-electron chi connectivity index (χ1n) is 8.66. The number of hydrogen-bond donors (Lipinski definition) is 2. The fourth-order valence-electron chi connectivity index (χ4n) is 2.21. The molecule has 0 bridgehead atoms. The molecule has 1 aliphatic heterocycles. The van der Waals surface area contributed by atoms with Gasteiger partial charge in [0.1, 0.15) is 0 Å². The van der Waals surface area contributed by atoms with Crippen molar-refractivity contribution in [2.75, 3.05) is 59.6 Å². The lowest BCUT2D eigenvalue weighted by Gasteiger charge is -2.16. The number of nitrogens with one attached hydrogen (secondary N) is 2. The number of hydrogen-bond acceptors (Lipinski definition) is 4. The lowest BCUT2D eigenvalue weighted by atomic mass is 10.2. The average Bonchev–Trinajstić information content (AvgIpc) is 3.03. The van der Waals surface area contributed by atoms with Crippen LogP contribution in [0.15, 0.2) is 4.99 Å². The van der Waals surface area contributed by atoms with Crippen LogP contribution in [0.25, 0.3) is 0 Å². The summed E-state index contributed by atoms with van der Waals surface area (Å²) in [6.45, 7) is 11.3. The van der Waals surface area contributed by atoms with Crippen molar-refractivity contribution in [1.29, 1.82) is 0 Å². The first-order chi connectivity index (χ1) is 10.8. The van der Waals surface area contributed by atoms with Crippen LogP contribution in [0.1, 0.15) is 33.1 Å². The molecule has 1 unspecified atom stereocenters. The molecule has 1 aliphatic rings. The molecule has 138 valence electrons. The summed E-state index contributed by atoms with van der Waals surface area (Å²) in [5, 5.41) is 6.63. The van der Waals surface area contributed by atoms with E-state index in [-0.39, 0.29) is 24.0 Å². The molecule has 0 aromatic heterocycles. The van der Waals surface area contributed by atoms with Crippen molar-refractivity contribution in [2.45, 2.75) is 39.2 Å². The van der Waals surface area contributed by atoms with E-state index in [0.717, 1.165) is 71.3 Å². The Bertz CT molecular complexity index is 300. The van der Waals surface area contributed by atoms with Crippen molar-refractivity contribution in [3.05, 3.63) is 0 Å². The van der Waals surface area contributed by atoms with E-state index in [1.54, 1.807) is 0 Å². The highest BCUT2D eigenvalue weighted by molar-refractivity contribution is 14.0. The van der Waals surface area contributed by atoms with Crippen molar-refractivity contribution in [3.63, 3.8) is 0 Å². The molecule has 0 amide bonds. The quantitative estimate of drug-likeness (QED) is 0.221. The summed E-state index contributed by atoms with van der Waals surface area (Å²) >= 11 is 0. The second kappa shape index (κ2) is 15.4. The first-order valence-corrected chi connectivity index (χ1v) is 8.66. The fourth-order valence-corrected chi connectivity index (χ4v) is 2.21. The SMILES string of the molecule is CCNC(=NCCCOCC1CCCO1)NCCN(C)CC.I. The third-order valence-electron chi connectivity index (χ3n) is 3.71. The maximum atomic E-state index is 5.64. The van der Waals surface area contributed by atoms with Crippen LogP contribution in [0, 0.1) is 0 Å². The minimum absolute atomic E-state index is 0. The van der Waals surface area contributed by atoms with E-state index < -0.39 is 0 Å². The van der Waals surface area contributed by atoms with E-state index in [4.69, 9.17) is 9.47 Å². The molecular weight excluding hydrogens is 407 g/mol. The van der Waals surface area contributed by atoms with Crippen LogP contribution in [-0.2, 0) is 9.47 Å². The van der Waals surface area contributed by atoms with Gasteiger partial charge in [-0.2, -0.15) is 0 Å². The number of guanidine groups is 1. The molecule has 6 nitrogen and oxygen atoms in total. The minimum atomic E-state index is 0. The maximum absolute atomic E-state index is 5.64. The smallest absolute Gasteiger partial charge is 0.191 e. The van der Waals surface area contributed by atoms with Gasteiger partial charge in [0.2, 0.25) is 0 Å². The molecule has 1 fully saturated rings. The Hall–Kier alpha value is -0.120. The van der Waals surface area contributed by atoms with Gasteiger partial charge in [0, 0.05) is 39.4 Å². The predicted molar refractivity (Wildman–Crippen MR) is 107 cm³/mol. The van der Waals surface area contributed by atoms with E-state index >= 15 is 0 Å². The van der Waals surface area contributed by atoms with E-state index in [2.05, 4.69) is 41.4 Å². The number of nitrogens with zero attached hydrogens (tertiary/aromatic N) is 2. The topological polar surface area (TPSA) is 58.1 Å². The third kappa shape index (κ3) is 12.0. The zero-order chi connectivity index (χ0) is 16.0. The molecule has 1 saturated heterocycles. The van der Waals surface area contributed by atoms with Gasteiger partial charge in [-0.3, -0.25) is 4.99 Å². The van der Waals surface area contributed by atoms with Crippen LogP contribution in [0.2, 0.25) is 0 Å². The molecule has 0 aromatic carbocycles. The molecular formula is C16H35IN4O2. The van der Waals surface area contributed by atoms with E-state index in [0.29, 0.717) is 6.10 Å². The second-order valence-electron chi connectivity index (χ2n) is 5.65. The molecule has 23 heavy (non-hydrogen) atoms. The summed E-state index contributed by atoms with van der Waals surface area (Å²) in [4.78, 5) is 6.84. The molecule has 7 heteroatoms. The van der Waals surface area contributed by atoms with Gasteiger partial charge in [-0.25, -0.2) is 0 Å². The highest BCUT2D eigenvalue weighted by Gasteiger charge is 2.14. The van der Waals surface area contributed by atoms with Crippen LogP contribution in [-0.4, -0.2) is 76.6 Å². The minimum Gasteiger partial charge on any atom is -0.379 e. The van der Waals surface area contributed by atoms with Gasteiger partial charge in [0.15, 0.2) is 5.96 Å². The molecule has 0 radical (unpaired) electrons. The van der Waals surface area contributed by atoms with Crippen molar-refractivity contribution < 1.29 is 9.47 Å². The summed E-state index contributed by atoms with van der Waals surface area (Å²) in [6, 6.07) is 0. The van der Waals surface area contributed by atoms with E-state index in [9.17, 15) is 0 Å². The lowest BCUT2D eigenvalue weighted by Crippen LogP contribution is -2.41. The Morgan fingerprint density at radius 2 is 2.17 bits per heavy atom. The number of rotatable bonds is 11. The molecule has 0 saturated carbocycles. The summed E-state index contributed by atoms with van der Waals surface area (Å²) in [5.41, 5.74) is 0. The summed E-state index contributed by atoms with van der Waals surface area (Å²) in [7, 11) is 2.12. The fraction of sp³-hybridized carbons (Fsp3) is 0.938. The van der Waals surface area contributed by atoms with Gasteiger partial charge < -0.3 is 25.0 Å². The highest BCUT2D eigenvalue weighted by Crippen LogP contribution is 2.11. The van der Waals surface area contributed by atoms with E-state index in [1.165, 1.54) is 6.42 Å². The molecule has 1 atom stereocenters. The number of likely N-dealkylation sites (N-methyl/N-ethyl adjacent to an activating group) is 1. The van der Waals surface area contributed by atoms with Crippen molar-refractivity contribution >= 4 is 29.9 Å². The number of aliphatic imine (C=N–C) groups is 1. The van der Waals surface area contributed by atoms with Crippen LogP contribution < -0.4 is 10.6 Å². The molecule has 0 spiro atoms. The van der Waals surface area contributed by atoms with Crippen LogP contribution >= 0.6 is 24.0 Å². The van der Waals surface area contributed by atoms with Crippen LogP contribution in [0.3, 0.4) is 0 Å². The Labute approximate surface area is 158 Å². The lowest BCUT2D eigenvalue weighted by molar-refractivity contribution is 0.0171. The Balaban J connectivity index is 0.00000484. The van der Waals surface area contributed by atoms with Crippen LogP contribution in [0.5, 0.6) is 0 Å². The molecule has 0 aliphatic carbocycles. The normalized spacial score (nSPS) is 18.1. The van der Waals surface area contributed by atoms with Gasteiger partial charge in [0.25, 0.3) is 0 Å².